The number of para-hydroxylation sites is 1. The van der Waals surface area contributed by atoms with Crippen LogP contribution in [0.5, 0.6) is 5.75 Å². The molecule has 1 N–H and O–H groups in total. The average Bonchev–Trinajstić information content (AvgIpc) is 2.94. The molecule has 0 amide bonds. The van der Waals surface area contributed by atoms with Crippen LogP contribution < -0.4 is 4.74 Å². The lowest BCUT2D eigenvalue weighted by Gasteiger charge is -2.18. The first kappa shape index (κ1) is 14.0. The third kappa shape index (κ3) is 2.91. The number of ether oxygens (including phenoxy) is 1. The summed E-state index contributed by atoms with van der Waals surface area (Å²) in [6.07, 6.45) is 1.06. The lowest BCUT2D eigenvalue weighted by molar-refractivity contribution is 0.198. The van der Waals surface area contributed by atoms with E-state index in [-0.39, 0.29) is 6.10 Å². The van der Waals surface area contributed by atoms with Crippen molar-refractivity contribution in [2.75, 3.05) is 0 Å². The lowest BCUT2D eigenvalue weighted by Crippen LogP contribution is -2.10. The number of aromatic nitrogens is 1. The molecule has 1 unspecified atom stereocenters. The number of aliphatic hydroxyl groups is 1. The Kier molecular flexibility index (Phi) is 3.90. The zero-order chi connectivity index (χ0) is 14.8. The zero-order valence-electron chi connectivity index (χ0n) is 12.0. The standard InChI is InChI=1S/C17H17NO2S/c1-11(2)20-15-6-4-3-5-13(15)17(19)12-9-16-14(18-10-12)7-8-21-16/h3-11,17,19H,1-2H3. The van der Waals surface area contributed by atoms with Crippen molar-refractivity contribution in [1.82, 2.24) is 4.98 Å². The van der Waals surface area contributed by atoms with Crippen LogP contribution in [0.2, 0.25) is 0 Å². The molecule has 0 radical (unpaired) electrons. The monoisotopic (exact) mass is 299 g/mol. The van der Waals surface area contributed by atoms with Crippen LogP contribution in [0.3, 0.4) is 0 Å². The predicted molar refractivity (Wildman–Crippen MR) is 85.9 cm³/mol. The normalized spacial score (nSPS) is 12.8. The quantitative estimate of drug-likeness (QED) is 0.786. The zero-order valence-corrected chi connectivity index (χ0v) is 12.8. The number of fused-ring (bicyclic) bond motifs is 1. The Morgan fingerprint density at radius 1 is 1.19 bits per heavy atom. The largest absolute Gasteiger partial charge is 0.491 e. The van der Waals surface area contributed by atoms with Crippen LogP contribution in [-0.4, -0.2) is 16.2 Å². The van der Waals surface area contributed by atoms with Crippen molar-refractivity contribution in [3.63, 3.8) is 0 Å². The fraction of sp³-hybridized carbons (Fsp3) is 0.235. The van der Waals surface area contributed by atoms with Gasteiger partial charge in [0.15, 0.2) is 0 Å². The minimum absolute atomic E-state index is 0.0660. The summed E-state index contributed by atoms with van der Waals surface area (Å²) in [7, 11) is 0. The molecule has 3 nitrogen and oxygen atoms in total. The van der Waals surface area contributed by atoms with E-state index in [0.29, 0.717) is 5.75 Å². The molecular weight excluding hydrogens is 282 g/mol. The van der Waals surface area contributed by atoms with Gasteiger partial charge in [-0.25, -0.2) is 0 Å². The van der Waals surface area contributed by atoms with Gasteiger partial charge in [0.2, 0.25) is 0 Å². The van der Waals surface area contributed by atoms with Gasteiger partial charge in [-0.3, -0.25) is 4.98 Å². The SMILES string of the molecule is CC(C)Oc1ccccc1C(O)c1cnc2ccsc2c1. The molecular formula is C17H17NO2S. The van der Waals surface area contributed by atoms with Gasteiger partial charge in [-0.2, -0.15) is 0 Å². The molecule has 21 heavy (non-hydrogen) atoms. The van der Waals surface area contributed by atoms with Gasteiger partial charge >= 0.3 is 0 Å². The summed E-state index contributed by atoms with van der Waals surface area (Å²) < 4.78 is 6.86. The van der Waals surface area contributed by atoms with E-state index in [1.807, 2.05) is 55.6 Å². The summed E-state index contributed by atoms with van der Waals surface area (Å²) >= 11 is 1.62. The number of pyridine rings is 1. The van der Waals surface area contributed by atoms with Crippen LogP contribution in [0.4, 0.5) is 0 Å². The van der Waals surface area contributed by atoms with Gasteiger partial charge < -0.3 is 9.84 Å². The Labute approximate surface area is 127 Å². The highest BCUT2D eigenvalue weighted by atomic mass is 32.1. The van der Waals surface area contributed by atoms with Gasteiger partial charge in [-0.05, 0) is 37.4 Å². The number of aliphatic hydroxyl groups excluding tert-OH is 1. The van der Waals surface area contributed by atoms with E-state index in [2.05, 4.69) is 4.98 Å². The molecule has 0 spiro atoms. The van der Waals surface area contributed by atoms with E-state index in [9.17, 15) is 5.11 Å². The Bertz CT molecular complexity index is 751. The molecule has 1 aromatic carbocycles. The van der Waals surface area contributed by atoms with Gasteiger partial charge in [0.1, 0.15) is 11.9 Å². The number of hydrogen-bond donors (Lipinski definition) is 1. The summed E-state index contributed by atoms with van der Waals surface area (Å²) in [4.78, 5) is 4.39. The molecule has 2 aromatic heterocycles. The molecule has 0 aliphatic rings. The van der Waals surface area contributed by atoms with Gasteiger partial charge in [0, 0.05) is 17.3 Å². The van der Waals surface area contributed by atoms with Crippen molar-refractivity contribution in [3.05, 3.63) is 59.1 Å². The van der Waals surface area contributed by atoms with E-state index >= 15 is 0 Å². The van der Waals surface area contributed by atoms with Crippen molar-refractivity contribution in [2.45, 2.75) is 26.1 Å². The highest BCUT2D eigenvalue weighted by Gasteiger charge is 2.17. The van der Waals surface area contributed by atoms with Crippen molar-refractivity contribution in [3.8, 4) is 5.75 Å². The van der Waals surface area contributed by atoms with Gasteiger partial charge in [-0.1, -0.05) is 18.2 Å². The van der Waals surface area contributed by atoms with Crippen molar-refractivity contribution in [2.24, 2.45) is 0 Å². The highest BCUT2D eigenvalue weighted by molar-refractivity contribution is 7.17. The molecule has 1 atom stereocenters. The van der Waals surface area contributed by atoms with E-state index in [1.54, 1.807) is 17.5 Å². The molecule has 108 valence electrons. The van der Waals surface area contributed by atoms with Gasteiger partial charge in [0.25, 0.3) is 0 Å². The first-order valence-electron chi connectivity index (χ1n) is 6.92. The van der Waals surface area contributed by atoms with E-state index in [1.165, 1.54) is 0 Å². The maximum absolute atomic E-state index is 10.7. The molecule has 0 fully saturated rings. The second-order valence-corrected chi connectivity index (χ2v) is 6.13. The molecule has 0 bridgehead atoms. The number of thiophene rings is 1. The molecule has 0 saturated heterocycles. The summed E-state index contributed by atoms with van der Waals surface area (Å²) in [5.74, 6) is 0.714. The number of hydrogen-bond acceptors (Lipinski definition) is 4. The summed E-state index contributed by atoms with van der Waals surface area (Å²) in [6.45, 7) is 3.95. The van der Waals surface area contributed by atoms with E-state index in [0.717, 1.165) is 21.3 Å². The van der Waals surface area contributed by atoms with E-state index < -0.39 is 6.10 Å². The Morgan fingerprint density at radius 3 is 2.81 bits per heavy atom. The number of rotatable bonds is 4. The third-order valence-electron chi connectivity index (χ3n) is 3.22. The Hall–Kier alpha value is -1.91. The van der Waals surface area contributed by atoms with Crippen LogP contribution in [0.15, 0.2) is 48.0 Å². The summed E-state index contributed by atoms with van der Waals surface area (Å²) in [6, 6.07) is 11.6. The van der Waals surface area contributed by atoms with Crippen LogP contribution >= 0.6 is 11.3 Å². The fourth-order valence-electron chi connectivity index (χ4n) is 2.26. The molecule has 0 aliphatic carbocycles. The van der Waals surface area contributed by atoms with Crippen LogP contribution in [0.25, 0.3) is 10.2 Å². The molecule has 4 heteroatoms. The smallest absolute Gasteiger partial charge is 0.125 e. The van der Waals surface area contributed by atoms with Crippen LogP contribution in [0, 0.1) is 0 Å². The Morgan fingerprint density at radius 2 is 2.00 bits per heavy atom. The maximum Gasteiger partial charge on any atom is 0.125 e. The second kappa shape index (κ2) is 5.84. The summed E-state index contributed by atoms with van der Waals surface area (Å²) in [5.41, 5.74) is 2.51. The first-order valence-corrected chi connectivity index (χ1v) is 7.80. The minimum Gasteiger partial charge on any atom is -0.491 e. The molecule has 3 rings (SSSR count). The van der Waals surface area contributed by atoms with Crippen LogP contribution in [0.1, 0.15) is 31.1 Å². The Balaban J connectivity index is 1.99. The number of benzene rings is 1. The molecule has 0 aliphatic heterocycles. The molecule has 3 aromatic rings. The van der Waals surface area contributed by atoms with E-state index in [4.69, 9.17) is 4.74 Å². The molecule has 0 saturated carbocycles. The first-order chi connectivity index (χ1) is 10.1. The lowest BCUT2D eigenvalue weighted by atomic mass is 10.0. The van der Waals surface area contributed by atoms with Crippen molar-refractivity contribution in [1.29, 1.82) is 0 Å². The van der Waals surface area contributed by atoms with Gasteiger partial charge in [-0.15, -0.1) is 11.3 Å². The maximum atomic E-state index is 10.7. The van der Waals surface area contributed by atoms with Crippen molar-refractivity contribution < 1.29 is 9.84 Å². The fourth-order valence-corrected chi connectivity index (χ4v) is 3.05. The minimum atomic E-state index is -0.737. The predicted octanol–water partition coefficient (Wildman–Crippen LogP) is 4.17. The average molecular weight is 299 g/mol. The highest BCUT2D eigenvalue weighted by Crippen LogP contribution is 2.32. The summed E-state index contributed by atoms with van der Waals surface area (Å²) in [5, 5.41) is 12.7. The van der Waals surface area contributed by atoms with Crippen LogP contribution in [-0.2, 0) is 0 Å². The van der Waals surface area contributed by atoms with Crippen molar-refractivity contribution >= 4 is 21.6 Å². The third-order valence-corrected chi connectivity index (χ3v) is 4.07. The topological polar surface area (TPSA) is 42.4 Å². The molecule has 2 heterocycles. The number of nitrogens with zero attached hydrogens (tertiary/aromatic N) is 1. The second-order valence-electron chi connectivity index (χ2n) is 5.18. The van der Waals surface area contributed by atoms with Gasteiger partial charge in [0.05, 0.1) is 16.3 Å².